The van der Waals surface area contributed by atoms with Crippen molar-refractivity contribution in [3.63, 3.8) is 0 Å². The molecule has 5 aromatic rings. The standard InChI is InChI=1S/C34H30F3N7O4/c1-5-24-29(20-11-16-26(39-17-20)31(47)38-4)32(48)44-30(23-9-7-8-10-25(23)41-27(45)6-2)19(3)43(33(44)42-24)18-28(46)40-22-14-12-21(13-15-22)34(35,36)37/h6-17H,2,5,18H2,1,3-4H3,(H,38,47)(H,40,46)(H,41,45). The van der Waals surface area contributed by atoms with E-state index < -0.39 is 35.0 Å². The molecule has 0 radical (unpaired) electrons. The number of halogens is 3. The quantitative estimate of drug-likeness (QED) is 0.186. The third-order valence-electron chi connectivity index (χ3n) is 7.62. The van der Waals surface area contributed by atoms with Crippen molar-refractivity contribution in [2.75, 3.05) is 17.7 Å². The summed E-state index contributed by atoms with van der Waals surface area (Å²) in [5.41, 5.74) is 1.58. The molecule has 0 aliphatic carbocycles. The van der Waals surface area contributed by atoms with Gasteiger partial charge in [-0.1, -0.05) is 37.8 Å². The van der Waals surface area contributed by atoms with Crippen molar-refractivity contribution in [2.45, 2.75) is 33.0 Å². The summed E-state index contributed by atoms with van der Waals surface area (Å²) in [6.45, 7) is 6.65. The number of nitrogens with zero attached hydrogens (tertiary/aromatic N) is 4. The minimum atomic E-state index is -4.53. The maximum absolute atomic E-state index is 14.5. The van der Waals surface area contributed by atoms with Crippen LogP contribution in [0.2, 0.25) is 0 Å². The van der Waals surface area contributed by atoms with Gasteiger partial charge in [0, 0.05) is 35.8 Å². The summed E-state index contributed by atoms with van der Waals surface area (Å²) < 4.78 is 42.0. The highest BCUT2D eigenvalue weighted by molar-refractivity contribution is 6.02. The highest BCUT2D eigenvalue weighted by atomic mass is 19.4. The fourth-order valence-electron chi connectivity index (χ4n) is 5.30. The van der Waals surface area contributed by atoms with Crippen LogP contribution in [0, 0.1) is 6.92 Å². The number of alkyl halides is 3. The van der Waals surface area contributed by atoms with Crippen LogP contribution >= 0.6 is 0 Å². The summed E-state index contributed by atoms with van der Waals surface area (Å²) in [4.78, 5) is 61.3. The number of rotatable bonds is 9. The maximum atomic E-state index is 14.5. The number of fused-ring (bicyclic) bond motifs is 1. The van der Waals surface area contributed by atoms with Gasteiger partial charge in [-0.15, -0.1) is 0 Å². The summed E-state index contributed by atoms with van der Waals surface area (Å²) in [5, 5.41) is 7.85. The predicted molar refractivity (Wildman–Crippen MR) is 175 cm³/mol. The lowest BCUT2D eigenvalue weighted by molar-refractivity contribution is -0.137. The van der Waals surface area contributed by atoms with Gasteiger partial charge >= 0.3 is 6.18 Å². The molecule has 0 fully saturated rings. The number of amides is 3. The largest absolute Gasteiger partial charge is 0.416 e. The molecule has 0 atom stereocenters. The van der Waals surface area contributed by atoms with E-state index in [-0.39, 0.29) is 29.3 Å². The Morgan fingerprint density at radius 2 is 1.71 bits per heavy atom. The molecule has 0 aliphatic heterocycles. The molecule has 2 aromatic carbocycles. The molecule has 246 valence electrons. The molecular formula is C34H30F3N7O4. The molecule has 3 aromatic heterocycles. The molecule has 0 aliphatic rings. The van der Waals surface area contributed by atoms with Crippen LogP contribution in [0.3, 0.4) is 0 Å². The van der Waals surface area contributed by atoms with Gasteiger partial charge in [-0.25, -0.2) is 9.38 Å². The number of imidazole rings is 1. The molecule has 0 saturated carbocycles. The fourth-order valence-corrected chi connectivity index (χ4v) is 5.30. The summed E-state index contributed by atoms with van der Waals surface area (Å²) >= 11 is 0. The van der Waals surface area contributed by atoms with E-state index in [1.807, 2.05) is 6.92 Å². The summed E-state index contributed by atoms with van der Waals surface area (Å²) in [6, 6.07) is 13.9. The van der Waals surface area contributed by atoms with Crippen molar-refractivity contribution in [3.05, 3.63) is 113 Å². The number of para-hydroxylation sites is 1. The zero-order valence-corrected chi connectivity index (χ0v) is 26.1. The van der Waals surface area contributed by atoms with Crippen LogP contribution in [0.1, 0.15) is 34.4 Å². The number of pyridine rings is 1. The molecular weight excluding hydrogens is 627 g/mol. The lowest BCUT2D eigenvalue weighted by Gasteiger charge is -2.12. The normalized spacial score (nSPS) is 11.3. The van der Waals surface area contributed by atoms with Gasteiger partial charge in [0.05, 0.1) is 28.2 Å². The number of carbonyl (C=O) groups excluding carboxylic acids is 3. The van der Waals surface area contributed by atoms with Gasteiger partial charge in [-0.05, 0) is 55.8 Å². The number of aromatic nitrogens is 4. The van der Waals surface area contributed by atoms with E-state index in [0.29, 0.717) is 40.3 Å². The summed E-state index contributed by atoms with van der Waals surface area (Å²) in [5.74, 6) is -1.34. The topological polar surface area (TPSA) is 139 Å². The maximum Gasteiger partial charge on any atom is 0.416 e. The van der Waals surface area contributed by atoms with Crippen LogP contribution in [-0.2, 0) is 28.7 Å². The van der Waals surface area contributed by atoms with E-state index in [1.54, 1.807) is 37.3 Å². The van der Waals surface area contributed by atoms with E-state index in [1.165, 1.54) is 28.3 Å². The van der Waals surface area contributed by atoms with Crippen LogP contribution in [-0.4, -0.2) is 43.7 Å². The van der Waals surface area contributed by atoms with Crippen LogP contribution in [0.5, 0.6) is 0 Å². The zero-order valence-electron chi connectivity index (χ0n) is 26.1. The van der Waals surface area contributed by atoms with Crippen LogP contribution < -0.4 is 21.5 Å². The lowest BCUT2D eigenvalue weighted by Crippen LogP contribution is -2.23. The van der Waals surface area contributed by atoms with Crippen molar-refractivity contribution in [2.24, 2.45) is 0 Å². The first-order chi connectivity index (χ1) is 22.9. The molecule has 0 spiro atoms. The second-order valence-electron chi connectivity index (χ2n) is 10.6. The average Bonchev–Trinajstić information content (AvgIpc) is 3.34. The Kier molecular flexibility index (Phi) is 9.27. The van der Waals surface area contributed by atoms with Crippen molar-refractivity contribution in [3.8, 4) is 22.4 Å². The molecule has 3 heterocycles. The number of nitrogens with one attached hydrogen (secondary N) is 3. The first kappa shape index (κ1) is 33.3. The molecule has 0 unspecified atom stereocenters. The number of carbonyl (C=O) groups is 3. The highest BCUT2D eigenvalue weighted by Crippen LogP contribution is 2.34. The SMILES string of the molecule is C=CC(=O)Nc1ccccc1-c1c(C)n(CC(=O)Nc2ccc(C(F)(F)F)cc2)c2nc(CC)c(-c3ccc(C(=O)NC)nc3)c(=O)n12. The van der Waals surface area contributed by atoms with Crippen molar-refractivity contribution in [1.29, 1.82) is 0 Å². The molecule has 3 amide bonds. The Morgan fingerprint density at radius 3 is 2.31 bits per heavy atom. The highest BCUT2D eigenvalue weighted by Gasteiger charge is 2.30. The molecule has 11 nitrogen and oxygen atoms in total. The van der Waals surface area contributed by atoms with Crippen LogP contribution in [0.15, 0.2) is 84.3 Å². The second-order valence-corrected chi connectivity index (χ2v) is 10.6. The van der Waals surface area contributed by atoms with Gasteiger partial charge in [0.15, 0.2) is 0 Å². The Labute approximate surface area is 272 Å². The molecule has 5 rings (SSSR count). The van der Waals surface area contributed by atoms with Crippen LogP contribution in [0.25, 0.3) is 28.2 Å². The monoisotopic (exact) mass is 657 g/mol. The Morgan fingerprint density at radius 1 is 1.00 bits per heavy atom. The predicted octanol–water partition coefficient (Wildman–Crippen LogP) is 5.24. The molecule has 0 saturated heterocycles. The lowest BCUT2D eigenvalue weighted by atomic mass is 10.0. The van der Waals surface area contributed by atoms with Crippen LogP contribution in [0.4, 0.5) is 24.5 Å². The van der Waals surface area contributed by atoms with E-state index in [0.717, 1.165) is 30.3 Å². The number of aryl methyl sites for hydroxylation is 1. The van der Waals surface area contributed by atoms with E-state index in [4.69, 9.17) is 4.98 Å². The third kappa shape index (κ3) is 6.45. The summed E-state index contributed by atoms with van der Waals surface area (Å²) in [6.07, 6.45) is -1.69. The van der Waals surface area contributed by atoms with Crippen molar-refractivity contribution < 1.29 is 27.6 Å². The van der Waals surface area contributed by atoms with E-state index in [2.05, 4.69) is 27.5 Å². The van der Waals surface area contributed by atoms with Gasteiger partial charge in [0.25, 0.3) is 11.5 Å². The van der Waals surface area contributed by atoms with E-state index >= 15 is 0 Å². The van der Waals surface area contributed by atoms with E-state index in [9.17, 15) is 32.3 Å². The molecule has 48 heavy (non-hydrogen) atoms. The first-order valence-corrected chi connectivity index (χ1v) is 14.7. The van der Waals surface area contributed by atoms with Gasteiger partial charge in [-0.3, -0.25) is 24.2 Å². The number of hydrogen-bond donors (Lipinski definition) is 3. The van der Waals surface area contributed by atoms with Gasteiger partial charge < -0.3 is 20.5 Å². The Hall–Kier alpha value is -6.05. The Balaban J connectivity index is 1.70. The molecule has 0 bridgehead atoms. The average molecular weight is 658 g/mol. The van der Waals surface area contributed by atoms with Gasteiger partial charge in [0.2, 0.25) is 17.6 Å². The first-order valence-electron chi connectivity index (χ1n) is 14.7. The number of hydrogen-bond acceptors (Lipinski definition) is 6. The van der Waals surface area contributed by atoms with Crippen molar-refractivity contribution >= 4 is 34.9 Å². The minimum Gasteiger partial charge on any atom is -0.354 e. The fraction of sp³-hybridized carbons (Fsp3) is 0.176. The summed E-state index contributed by atoms with van der Waals surface area (Å²) in [7, 11) is 1.48. The second kappa shape index (κ2) is 13.4. The third-order valence-corrected chi connectivity index (χ3v) is 7.62. The minimum absolute atomic E-state index is 0.121. The smallest absolute Gasteiger partial charge is 0.354 e. The zero-order chi connectivity index (χ0) is 34.7. The number of anilines is 2. The van der Waals surface area contributed by atoms with Crippen molar-refractivity contribution in [1.82, 2.24) is 24.3 Å². The molecule has 14 heteroatoms. The van der Waals surface area contributed by atoms with Gasteiger partial charge in [0.1, 0.15) is 12.2 Å². The Bertz CT molecular complexity index is 2120. The molecule has 3 N–H and O–H groups in total. The van der Waals surface area contributed by atoms with Gasteiger partial charge in [-0.2, -0.15) is 13.2 Å². The number of benzene rings is 2.